The van der Waals surface area contributed by atoms with Gasteiger partial charge >= 0.3 is 0 Å². The van der Waals surface area contributed by atoms with E-state index in [4.69, 9.17) is 9.47 Å². The van der Waals surface area contributed by atoms with Gasteiger partial charge in [0.1, 0.15) is 36.6 Å². The average molecular weight is 282 g/mol. The Morgan fingerprint density at radius 1 is 0.737 bits per heavy atom. The normalized spacial score (nSPS) is 52.1. The van der Waals surface area contributed by atoms with Crippen molar-refractivity contribution in [3.8, 4) is 0 Å². The van der Waals surface area contributed by atoms with E-state index in [1.807, 2.05) is 0 Å². The van der Waals surface area contributed by atoms with Crippen LogP contribution in [-0.4, -0.2) is 93.1 Å². The number of hydrogen-bond donors (Lipinski definition) is 6. The molecule has 9 nitrogen and oxygen atoms in total. The Bertz CT molecular complexity index is 301. The summed E-state index contributed by atoms with van der Waals surface area (Å²) in [5.74, 6) is 0. The molecule has 2 aliphatic rings. The minimum Gasteiger partial charge on any atom is -0.388 e. The second-order valence-electron chi connectivity index (χ2n) is 4.63. The molecule has 0 bridgehead atoms. The van der Waals surface area contributed by atoms with Crippen LogP contribution in [0.1, 0.15) is 0 Å². The molecule has 19 heavy (non-hydrogen) atoms. The lowest BCUT2D eigenvalue weighted by Gasteiger charge is -2.41. The lowest BCUT2D eigenvalue weighted by atomic mass is 10.0. The minimum atomic E-state index is -1.54. The summed E-state index contributed by atoms with van der Waals surface area (Å²) in [6, 6.07) is 0. The summed E-state index contributed by atoms with van der Waals surface area (Å²) in [6.07, 6.45) is -11.1. The number of rotatable bonds is 2. The predicted molar refractivity (Wildman–Crippen MR) is 56.6 cm³/mol. The summed E-state index contributed by atoms with van der Waals surface area (Å²) < 4.78 is 14.8. The molecule has 0 unspecified atom stereocenters. The van der Waals surface area contributed by atoms with Gasteiger partial charge in [0.15, 0.2) is 12.6 Å². The Hall–Kier alpha value is -0.360. The monoisotopic (exact) mass is 282 g/mol. The Kier molecular flexibility index (Phi) is 4.71. The SMILES string of the molecule is O[C@@H]1[C@@H](O)[C@@H](O[C@@H]2[C@@H](O)[C@@H](O)OC[C@H]2O)OC[C@H]1O. The number of ether oxygens (including phenoxy) is 3. The van der Waals surface area contributed by atoms with Gasteiger partial charge in [-0.3, -0.25) is 0 Å². The highest BCUT2D eigenvalue weighted by molar-refractivity contribution is 4.87. The molecular formula is C10H18O9. The summed E-state index contributed by atoms with van der Waals surface area (Å²) in [4.78, 5) is 0. The van der Waals surface area contributed by atoms with E-state index < -0.39 is 49.2 Å². The molecule has 2 fully saturated rings. The van der Waals surface area contributed by atoms with Gasteiger partial charge in [-0.05, 0) is 0 Å². The van der Waals surface area contributed by atoms with Crippen molar-refractivity contribution in [1.29, 1.82) is 0 Å². The maximum atomic E-state index is 9.66. The third-order valence-corrected chi connectivity index (χ3v) is 3.19. The zero-order valence-corrected chi connectivity index (χ0v) is 9.94. The second-order valence-corrected chi connectivity index (χ2v) is 4.63. The zero-order valence-electron chi connectivity index (χ0n) is 9.94. The molecule has 0 radical (unpaired) electrons. The van der Waals surface area contributed by atoms with E-state index in [1.165, 1.54) is 0 Å². The van der Waals surface area contributed by atoms with Crippen molar-refractivity contribution >= 4 is 0 Å². The van der Waals surface area contributed by atoms with Crippen LogP contribution >= 0.6 is 0 Å². The Morgan fingerprint density at radius 2 is 1.37 bits per heavy atom. The van der Waals surface area contributed by atoms with Crippen molar-refractivity contribution < 1.29 is 44.8 Å². The highest BCUT2D eigenvalue weighted by Crippen LogP contribution is 2.23. The fourth-order valence-electron chi connectivity index (χ4n) is 2.01. The second kappa shape index (κ2) is 5.95. The number of aliphatic hydroxyl groups is 6. The maximum absolute atomic E-state index is 9.66. The number of aliphatic hydroxyl groups excluding tert-OH is 6. The first-order valence-electron chi connectivity index (χ1n) is 5.89. The minimum absolute atomic E-state index is 0.253. The van der Waals surface area contributed by atoms with Gasteiger partial charge < -0.3 is 44.8 Å². The van der Waals surface area contributed by atoms with Gasteiger partial charge in [0, 0.05) is 0 Å². The summed E-state index contributed by atoms with van der Waals surface area (Å²) in [5.41, 5.74) is 0. The molecular weight excluding hydrogens is 264 g/mol. The third kappa shape index (κ3) is 3.05. The van der Waals surface area contributed by atoms with Crippen molar-refractivity contribution in [1.82, 2.24) is 0 Å². The molecule has 0 amide bonds. The predicted octanol–water partition coefficient (Wildman–Crippen LogP) is -4.12. The van der Waals surface area contributed by atoms with Crippen LogP contribution in [0.15, 0.2) is 0 Å². The Labute approximate surface area is 108 Å². The van der Waals surface area contributed by atoms with E-state index in [1.54, 1.807) is 0 Å². The fraction of sp³-hybridized carbons (Fsp3) is 1.00. The third-order valence-electron chi connectivity index (χ3n) is 3.19. The van der Waals surface area contributed by atoms with Gasteiger partial charge in [-0.2, -0.15) is 0 Å². The van der Waals surface area contributed by atoms with Gasteiger partial charge in [-0.1, -0.05) is 0 Å². The topological polar surface area (TPSA) is 149 Å². The molecule has 0 aromatic heterocycles. The van der Waals surface area contributed by atoms with Crippen LogP contribution in [0.25, 0.3) is 0 Å². The first kappa shape index (κ1) is 15.0. The molecule has 2 aliphatic heterocycles. The molecule has 8 atom stereocenters. The van der Waals surface area contributed by atoms with Gasteiger partial charge in [0.2, 0.25) is 0 Å². The largest absolute Gasteiger partial charge is 0.388 e. The van der Waals surface area contributed by atoms with E-state index in [0.717, 1.165) is 0 Å². The lowest BCUT2D eigenvalue weighted by Crippen LogP contribution is -2.60. The van der Waals surface area contributed by atoms with Crippen molar-refractivity contribution in [2.75, 3.05) is 13.2 Å². The molecule has 112 valence electrons. The summed E-state index contributed by atoms with van der Waals surface area (Å²) in [5, 5.41) is 57.0. The molecule has 9 heteroatoms. The van der Waals surface area contributed by atoms with Crippen molar-refractivity contribution in [2.24, 2.45) is 0 Å². The van der Waals surface area contributed by atoms with E-state index >= 15 is 0 Å². The molecule has 2 heterocycles. The Balaban J connectivity index is 1.99. The van der Waals surface area contributed by atoms with Crippen molar-refractivity contribution in [3.05, 3.63) is 0 Å². The summed E-state index contributed by atoms with van der Waals surface area (Å²) in [7, 11) is 0. The molecule has 2 rings (SSSR count). The summed E-state index contributed by atoms with van der Waals surface area (Å²) in [6.45, 7) is -0.516. The van der Waals surface area contributed by atoms with Gasteiger partial charge in [0.05, 0.1) is 13.2 Å². The zero-order chi connectivity index (χ0) is 14.2. The van der Waals surface area contributed by atoms with E-state index in [2.05, 4.69) is 4.74 Å². The molecule has 0 saturated carbocycles. The molecule has 0 aromatic carbocycles. The van der Waals surface area contributed by atoms with Crippen molar-refractivity contribution in [3.63, 3.8) is 0 Å². The van der Waals surface area contributed by atoms with E-state index in [0.29, 0.717) is 0 Å². The van der Waals surface area contributed by atoms with Crippen LogP contribution in [0.5, 0.6) is 0 Å². The Morgan fingerprint density at radius 3 is 2.05 bits per heavy atom. The lowest BCUT2D eigenvalue weighted by molar-refractivity contribution is -0.329. The van der Waals surface area contributed by atoms with Crippen LogP contribution in [0.2, 0.25) is 0 Å². The van der Waals surface area contributed by atoms with Gasteiger partial charge in [-0.25, -0.2) is 0 Å². The molecule has 0 aromatic rings. The fourth-order valence-corrected chi connectivity index (χ4v) is 2.01. The van der Waals surface area contributed by atoms with Gasteiger partial charge in [-0.15, -0.1) is 0 Å². The quantitative estimate of drug-likeness (QED) is 0.297. The highest BCUT2D eigenvalue weighted by atomic mass is 16.7. The van der Waals surface area contributed by atoms with Crippen LogP contribution in [0, 0.1) is 0 Å². The molecule has 0 aliphatic carbocycles. The molecule has 6 N–H and O–H groups in total. The van der Waals surface area contributed by atoms with E-state index in [-0.39, 0.29) is 13.2 Å². The van der Waals surface area contributed by atoms with Gasteiger partial charge in [0.25, 0.3) is 0 Å². The van der Waals surface area contributed by atoms with Crippen LogP contribution < -0.4 is 0 Å². The van der Waals surface area contributed by atoms with E-state index in [9.17, 15) is 30.6 Å². The maximum Gasteiger partial charge on any atom is 0.186 e. The number of hydrogen-bond acceptors (Lipinski definition) is 9. The standard InChI is InChI=1S/C10H18O9/c11-3-1-18-10(6(14)5(3)13)19-8-4(12)2-17-9(16)7(8)15/h3-16H,1-2H2/t3-,4-,5+,6-,7-,8+,9+,10-/m1/s1. The van der Waals surface area contributed by atoms with Crippen molar-refractivity contribution in [2.45, 2.75) is 49.2 Å². The van der Waals surface area contributed by atoms with Crippen LogP contribution in [0.3, 0.4) is 0 Å². The van der Waals surface area contributed by atoms with Crippen LogP contribution in [-0.2, 0) is 14.2 Å². The molecule has 2 saturated heterocycles. The first-order chi connectivity index (χ1) is 8.91. The molecule has 0 spiro atoms. The smallest absolute Gasteiger partial charge is 0.186 e. The summed E-state index contributed by atoms with van der Waals surface area (Å²) >= 11 is 0. The average Bonchev–Trinajstić information content (AvgIpc) is 2.39. The van der Waals surface area contributed by atoms with Crippen LogP contribution in [0.4, 0.5) is 0 Å². The highest BCUT2D eigenvalue weighted by Gasteiger charge is 2.45. The first-order valence-corrected chi connectivity index (χ1v) is 5.89.